The highest BCUT2D eigenvalue weighted by molar-refractivity contribution is 6.30. The van der Waals surface area contributed by atoms with Gasteiger partial charge in [0, 0.05) is 5.02 Å². The van der Waals surface area contributed by atoms with Crippen molar-refractivity contribution < 1.29 is 0 Å². The maximum atomic E-state index is 6.18. The van der Waals surface area contributed by atoms with Crippen molar-refractivity contribution in [3.8, 4) is 0 Å². The van der Waals surface area contributed by atoms with Gasteiger partial charge in [-0.1, -0.05) is 57.4 Å². The van der Waals surface area contributed by atoms with E-state index in [1.54, 1.807) is 0 Å². The molecule has 20 heavy (non-hydrogen) atoms. The number of hydrogen-bond acceptors (Lipinski definition) is 0. The van der Waals surface area contributed by atoms with Gasteiger partial charge in [-0.15, -0.1) is 0 Å². The van der Waals surface area contributed by atoms with Crippen LogP contribution >= 0.6 is 11.6 Å². The third kappa shape index (κ3) is 4.38. The second-order valence-corrected chi connectivity index (χ2v) is 6.58. The highest BCUT2D eigenvalue weighted by Gasteiger charge is 2.14. The number of hydrogen-bond donors (Lipinski definition) is 0. The van der Waals surface area contributed by atoms with Crippen molar-refractivity contribution in [1.29, 1.82) is 0 Å². The van der Waals surface area contributed by atoms with E-state index in [9.17, 15) is 0 Å². The summed E-state index contributed by atoms with van der Waals surface area (Å²) in [6.45, 7) is 13.7. The van der Waals surface area contributed by atoms with Crippen LogP contribution < -0.4 is 0 Å². The van der Waals surface area contributed by atoms with Gasteiger partial charge >= 0.3 is 0 Å². The van der Waals surface area contributed by atoms with Gasteiger partial charge in [-0.2, -0.15) is 0 Å². The van der Waals surface area contributed by atoms with Crippen molar-refractivity contribution in [1.82, 2.24) is 0 Å². The fraction of sp³-hybridized carbons (Fsp3) is 0.579. The molecule has 112 valence electrons. The lowest BCUT2D eigenvalue weighted by Gasteiger charge is -2.21. The molecule has 0 heterocycles. The van der Waals surface area contributed by atoms with Crippen molar-refractivity contribution in [3.63, 3.8) is 0 Å². The van der Waals surface area contributed by atoms with Gasteiger partial charge in [0.1, 0.15) is 0 Å². The average molecular weight is 293 g/mol. The van der Waals surface area contributed by atoms with Gasteiger partial charge in [0.15, 0.2) is 0 Å². The first-order valence-corrected chi connectivity index (χ1v) is 8.23. The van der Waals surface area contributed by atoms with Gasteiger partial charge in [-0.05, 0) is 67.4 Å². The summed E-state index contributed by atoms with van der Waals surface area (Å²) in [6, 6.07) is 6.22. The van der Waals surface area contributed by atoms with Gasteiger partial charge in [-0.3, -0.25) is 0 Å². The average Bonchev–Trinajstić information content (AvgIpc) is 2.42. The zero-order valence-electron chi connectivity index (χ0n) is 13.9. The van der Waals surface area contributed by atoms with Gasteiger partial charge in [-0.25, -0.2) is 0 Å². The Balaban J connectivity index is 3.09. The molecule has 0 bridgehead atoms. The quantitative estimate of drug-likeness (QED) is 0.534. The Morgan fingerprint density at radius 2 is 1.80 bits per heavy atom. The van der Waals surface area contributed by atoms with E-state index < -0.39 is 0 Å². The minimum absolute atomic E-state index is 0.737. The van der Waals surface area contributed by atoms with Crippen molar-refractivity contribution in [2.75, 3.05) is 0 Å². The first-order valence-electron chi connectivity index (χ1n) is 7.85. The highest BCUT2D eigenvalue weighted by atomic mass is 35.5. The molecule has 0 saturated carbocycles. The van der Waals surface area contributed by atoms with Crippen molar-refractivity contribution in [2.45, 2.75) is 60.8 Å². The largest absolute Gasteiger partial charge is 0.0843 e. The molecule has 0 saturated heterocycles. The topological polar surface area (TPSA) is 0 Å². The molecule has 0 aliphatic heterocycles. The Labute approximate surface area is 130 Å². The Kier molecular flexibility index (Phi) is 6.82. The monoisotopic (exact) mass is 292 g/mol. The van der Waals surface area contributed by atoms with E-state index in [1.807, 2.05) is 6.07 Å². The van der Waals surface area contributed by atoms with Crippen LogP contribution in [0, 0.1) is 18.8 Å². The molecular weight excluding hydrogens is 264 g/mol. The number of allylic oxidation sites excluding steroid dienone is 2. The van der Waals surface area contributed by atoms with Crippen LogP contribution in [0.1, 0.15) is 65.0 Å². The number of aryl methyl sites for hydroxylation is 1. The summed E-state index contributed by atoms with van der Waals surface area (Å²) >= 11 is 6.18. The Bertz CT molecular complexity index is 471. The Morgan fingerprint density at radius 3 is 2.35 bits per heavy atom. The van der Waals surface area contributed by atoms with Crippen LogP contribution in [0.2, 0.25) is 5.02 Å². The molecule has 0 fully saturated rings. The molecule has 0 N–H and O–H groups in total. The van der Waals surface area contributed by atoms with E-state index in [0.29, 0.717) is 0 Å². The lowest BCUT2D eigenvalue weighted by molar-refractivity contribution is 0.374. The second kappa shape index (κ2) is 7.88. The third-order valence-electron chi connectivity index (χ3n) is 4.64. The smallest absolute Gasteiger partial charge is 0.0412 e. The third-order valence-corrected chi connectivity index (χ3v) is 4.87. The molecule has 1 heteroatoms. The first-order chi connectivity index (χ1) is 9.40. The normalized spacial score (nSPS) is 15.8. The van der Waals surface area contributed by atoms with Crippen molar-refractivity contribution >= 4 is 17.2 Å². The molecule has 1 unspecified atom stereocenters. The van der Waals surface area contributed by atoms with E-state index in [-0.39, 0.29) is 0 Å². The van der Waals surface area contributed by atoms with Crippen LogP contribution in [0.25, 0.3) is 5.57 Å². The van der Waals surface area contributed by atoms with Crippen molar-refractivity contribution in [3.05, 3.63) is 39.9 Å². The summed E-state index contributed by atoms with van der Waals surface area (Å²) in [4.78, 5) is 0. The molecule has 0 aromatic heterocycles. The summed E-state index contributed by atoms with van der Waals surface area (Å²) in [5.74, 6) is 1.52. The zero-order chi connectivity index (χ0) is 15.3. The molecular formula is C19H29Cl. The van der Waals surface area contributed by atoms with E-state index in [1.165, 1.54) is 35.1 Å². The van der Waals surface area contributed by atoms with Gasteiger partial charge in [0.05, 0.1) is 0 Å². The maximum absolute atomic E-state index is 6.18. The minimum atomic E-state index is 0.737. The molecule has 0 amide bonds. The first kappa shape index (κ1) is 17.3. The number of rotatable bonds is 6. The number of halogens is 1. The molecule has 1 rings (SSSR count). The number of benzene rings is 1. The molecule has 0 aliphatic carbocycles. The highest BCUT2D eigenvalue weighted by Crippen LogP contribution is 2.32. The molecule has 0 radical (unpaired) electrons. The van der Waals surface area contributed by atoms with Crippen LogP contribution in [0.5, 0.6) is 0 Å². The van der Waals surface area contributed by atoms with Crippen LogP contribution in [-0.2, 0) is 0 Å². The standard InChI is InChI=1S/C19H29Cl/c1-7-13(3)15(5)11-16(6)18(8-2)19-12-17(20)10-9-14(19)4/h9-10,12-13,15H,7-8,11H2,1-6H3/b18-16+/t13?,15-/m1/s1. The lowest BCUT2D eigenvalue weighted by atomic mass is 9.85. The summed E-state index contributed by atoms with van der Waals surface area (Å²) in [6.07, 6.45) is 3.51. The van der Waals surface area contributed by atoms with E-state index >= 15 is 0 Å². The summed E-state index contributed by atoms with van der Waals surface area (Å²) in [5, 5.41) is 0.833. The molecule has 0 nitrogen and oxygen atoms in total. The lowest BCUT2D eigenvalue weighted by Crippen LogP contribution is -2.08. The molecule has 1 aromatic rings. The van der Waals surface area contributed by atoms with Gasteiger partial charge in [0.2, 0.25) is 0 Å². The molecule has 0 spiro atoms. The maximum Gasteiger partial charge on any atom is 0.0412 e. The SMILES string of the molecule is CC/C(=C(/C)C[C@@H](C)C(C)CC)c1cc(Cl)ccc1C. The van der Waals surface area contributed by atoms with Crippen molar-refractivity contribution in [2.24, 2.45) is 11.8 Å². The fourth-order valence-electron chi connectivity index (χ4n) is 2.85. The molecule has 1 aromatic carbocycles. The summed E-state index contributed by atoms with van der Waals surface area (Å²) in [5.41, 5.74) is 5.64. The molecule has 2 atom stereocenters. The van der Waals surface area contributed by atoms with E-state index in [0.717, 1.165) is 23.3 Å². The summed E-state index contributed by atoms with van der Waals surface area (Å²) in [7, 11) is 0. The molecule has 0 aliphatic rings. The van der Waals surface area contributed by atoms with Crippen LogP contribution in [0.4, 0.5) is 0 Å². The second-order valence-electron chi connectivity index (χ2n) is 6.14. The van der Waals surface area contributed by atoms with Crippen LogP contribution in [0.3, 0.4) is 0 Å². The summed E-state index contributed by atoms with van der Waals surface area (Å²) < 4.78 is 0. The predicted molar refractivity (Wildman–Crippen MR) is 92.3 cm³/mol. The van der Waals surface area contributed by atoms with Crippen LogP contribution in [0.15, 0.2) is 23.8 Å². The van der Waals surface area contributed by atoms with Gasteiger partial charge in [0.25, 0.3) is 0 Å². The minimum Gasteiger partial charge on any atom is -0.0843 e. The Morgan fingerprint density at radius 1 is 1.15 bits per heavy atom. The zero-order valence-corrected chi connectivity index (χ0v) is 14.6. The van der Waals surface area contributed by atoms with E-state index in [2.05, 4.69) is 53.7 Å². The van der Waals surface area contributed by atoms with Gasteiger partial charge < -0.3 is 0 Å². The predicted octanol–water partition coefficient (Wildman–Crippen LogP) is 6.90. The van der Waals surface area contributed by atoms with E-state index in [4.69, 9.17) is 11.6 Å². The Hall–Kier alpha value is -0.750. The fourth-order valence-corrected chi connectivity index (χ4v) is 3.02. The van der Waals surface area contributed by atoms with Crippen LogP contribution in [-0.4, -0.2) is 0 Å².